The molecule has 5 heteroatoms. The Labute approximate surface area is 145 Å². The van der Waals surface area contributed by atoms with E-state index in [0.29, 0.717) is 12.4 Å². The van der Waals surface area contributed by atoms with Crippen molar-refractivity contribution in [3.05, 3.63) is 83.7 Å². The Morgan fingerprint density at radius 3 is 2.62 bits per heavy atom. The van der Waals surface area contributed by atoms with Crippen molar-refractivity contribution >= 4 is 11.6 Å². The summed E-state index contributed by atoms with van der Waals surface area (Å²) in [5, 5.41) is 0.754. The molecule has 0 aliphatic heterocycles. The van der Waals surface area contributed by atoms with E-state index < -0.39 is 0 Å². The number of halogens is 2. The molecule has 0 aliphatic carbocycles. The lowest BCUT2D eigenvalue weighted by Crippen LogP contribution is -2.12. The molecule has 0 saturated heterocycles. The highest BCUT2D eigenvalue weighted by Gasteiger charge is 2.15. The van der Waals surface area contributed by atoms with Crippen molar-refractivity contribution in [2.75, 3.05) is 6.61 Å². The molecule has 0 spiro atoms. The topological polar surface area (TPSA) is 27.1 Å². The maximum Gasteiger partial charge on any atom is 0.123 e. The van der Waals surface area contributed by atoms with E-state index in [0.717, 1.165) is 23.6 Å². The van der Waals surface area contributed by atoms with Gasteiger partial charge in [-0.05, 0) is 42.3 Å². The van der Waals surface area contributed by atoms with Gasteiger partial charge in [-0.3, -0.25) is 0 Å². The molecule has 1 atom stereocenters. The van der Waals surface area contributed by atoms with Gasteiger partial charge in [-0.2, -0.15) is 0 Å². The van der Waals surface area contributed by atoms with Crippen LogP contribution in [-0.4, -0.2) is 16.2 Å². The van der Waals surface area contributed by atoms with Crippen molar-refractivity contribution in [1.29, 1.82) is 0 Å². The quantitative estimate of drug-likeness (QED) is 0.607. The first-order chi connectivity index (χ1) is 11.7. The first-order valence-electron chi connectivity index (χ1n) is 7.81. The van der Waals surface area contributed by atoms with Gasteiger partial charge in [-0.25, -0.2) is 9.37 Å². The van der Waals surface area contributed by atoms with Crippen LogP contribution in [0.4, 0.5) is 4.39 Å². The van der Waals surface area contributed by atoms with Gasteiger partial charge < -0.3 is 9.30 Å². The third-order valence-electron chi connectivity index (χ3n) is 3.88. The zero-order valence-corrected chi connectivity index (χ0v) is 13.9. The average molecular weight is 345 g/mol. The number of hydrogen-bond donors (Lipinski definition) is 0. The van der Waals surface area contributed by atoms with Gasteiger partial charge in [0.25, 0.3) is 0 Å². The van der Waals surface area contributed by atoms with Crippen molar-refractivity contribution in [2.45, 2.75) is 18.9 Å². The largest absolute Gasteiger partial charge is 0.494 e. The van der Waals surface area contributed by atoms with Crippen LogP contribution in [0.3, 0.4) is 0 Å². The second-order valence-corrected chi connectivity index (χ2v) is 5.98. The van der Waals surface area contributed by atoms with Gasteiger partial charge in [0.15, 0.2) is 0 Å². The fourth-order valence-electron chi connectivity index (χ4n) is 2.65. The predicted octanol–water partition coefficient (Wildman–Crippen LogP) is 4.93. The molecule has 1 aromatic heterocycles. The third-order valence-corrected chi connectivity index (χ3v) is 4.23. The number of nitrogens with zero attached hydrogens (tertiary/aromatic N) is 2. The Hall–Kier alpha value is -2.33. The Balaban J connectivity index is 1.68. The van der Waals surface area contributed by atoms with Gasteiger partial charge >= 0.3 is 0 Å². The van der Waals surface area contributed by atoms with Gasteiger partial charge in [-0.1, -0.05) is 29.8 Å². The molecule has 2 aromatic carbocycles. The highest BCUT2D eigenvalue weighted by Crippen LogP contribution is 2.28. The smallest absolute Gasteiger partial charge is 0.123 e. The molecule has 1 unspecified atom stereocenters. The number of rotatable bonds is 7. The Kier molecular flexibility index (Phi) is 5.49. The van der Waals surface area contributed by atoms with E-state index >= 15 is 0 Å². The first kappa shape index (κ1) is 16.5. The minimum Gasteiger partial charge on any atom is -0.494 e. The van der Waals surface area contributed by atoms with Crippen LogP contribution < -0.4 is 4.74 Å². The van der Waals surface area contributed by atoms with E-state index in [1.807, 2.05) is 35.0 Å². The molecule has 0 amide bonds. The summed E-state index contributed by atoms with van der Waals surface area (Å²) in [7, 11) is 0. The lowest BCUT2D eigenvalue weighted by Gasteiger charge is -2.19. The monoisotopic (exact) mass is 344 g/mol. The molecule has 0 N–H and O–H groups in total. The van der Waals surface area contributed by atoms with E-state index in [1.54, 1.807) is 24.7 Å². The molecule has 124 valence electrons. The van der Waals surface area contributed by atoms with E-state index in [1.165, 1.54) is 12.1 Å². The molecule has 0 bridgehead atoms. The van der Waals surface area contributed by atoms with Crippen LogP contribution >= 0.6 is 11.6 Å². The van der Waals surface area contributed by atoms with Crippen LogP contribution in [0.25, 0.3) is 0 Å². The molecule has 24 heavy (non-hydrogen) atoms. The van der Waals surface area contributed by atoms with E-state index in [9.17, 15) is 4.39 Å². The minimum atomic E-state index is -0.267. The summed E-state index contributed by atoms with van der Waals surface area (Å²) in [5.74, 6) is 0.599. The zero-order chi connectivity index (χ0) is 16.8. The summed E-state index contributed by atoms with van der Waals surface area (Å²) >= 11 is 6.37. The zero-order valence-electron chi connectivity index (χ0n) is 13.1. The molecule has 1 heterocycles. The van der Waals surface area contributed by atoms with Crippen molar-refractivity contribution in [3.8, 4) is 5.75 Å². The van der Waals surface area contributed by atoms with Crippen molar-refractivity contribution < 1.29 is 9.13 Å². The van der Waals surface area contributed by atoms with Crippen LogP contribution in [0.15, 0.2) is 67.3 Å². The standard InChI is InChI=1S/C19H18ClFN2O/c20-19-4-2-1-3-18(19)15(13-23-11-10-22-14-23)9-12-24-17-7-5-16(21)6-8-17/h1-8,10-11,14-15H,9,12-13H2. The summed E-state index contributed by atoms with van der Waals surface area (Å²) in [5.41, 5.74) is 1.09. The first-order valence-corrected chi connectivity index (χ1v) is 8.18. The van der Waals surface area contributed by atoms with Crippen LogP contribution in [-0.2, 0) is 6.54 Å². The summed E-state index contributed by atoms with van der Waals surface area (Å²) in [6.07, 6.45) is 6.29. The third kappa shape index (κ3) is 4.36. The summed E-state index contributed by atoms with van der Waals surface area (Å²) in [6, 6.07) is 13.9. The Morgan fingerprint density at radius 1 is 1.12 bits per heavy atom. The lowest BCUT2D eigenvalue weighted by atomic mass is 9.96. The average Bonchev–Trinajstić information content (AvgIpc) is 3.09. The van der Waals surface area contributed by atoms with E-state index in [4.69, 9.17) is 16.3 Å². The molecule has 0 fully saturated rings. The van der Waals surface area contributed by atoms with Crippen molar-refractivity contribution in [1.82, 2.24) is 9.55 Å². The molecule has 0 radical (unpaired) electrons. The van der Waals surface area contributed by atoms with E-state index in [2.05, 4.69) is 4.98 Å². The molecule has 3 nitrogen and oxygen atoms in total. The van der Waals surface area contributed by atoms with Gasteiger partial charge in [0, 0.05) is 29.9 Å². The van der Waals surface area contributed by atoms with Crippen LogP contribution in [0.5, 0.6) is 5.75 Å². The van der Waals surface area contributed by atoms with Gasteiger partial charge in [0.1, 0.15) is 11.6 Å². The molecule has 0 saturated carbocycles. The summed E-state index contributed by atoms with van der Waals surface area (Å²) in [6.45, 7) is 1.30. The fraction of sp³-hybridized carbons (Fsp3) is 0.211. The Bertz CT molecular complexity index is 759. The molecule has 3 rings (SSSR count). The maximum absolute atomic E-state index is 12.9. The van der Waals surface area contributed by atoms with Crippen LogP contribution in [0, 0.1) is 5.82 Å². The van der Waals surface area contributed by atoms with Crippen LogP contribution in [0.2, 0.25) is 5.02 Å². The second-order valence-electron chi connectivity index (χ2n) is 5.57. The van der Waals surface area contributed by atoms with Gasteiger partial charge in [0.2, 0.25) is 0 Å². The highest BCUT2D eigenvalue weighted by atomic mass is 35.5. The minimum absolute atomic E-state index is 0.202. The predicted molar refractivity (Wildman–Crippen MR) is 92.9 cm³/mol. The number of imidazole rings is 1. The number of hydrogen-bond acceptors (Lipinski definition) is 2. The highest BCUT2D eigenvalue weighted by molar-refractivity contribution is 6.31. The molecular formula is C19H18ClFN2O. The van der Waals surface area contributed by atoms with Crippen LogP contribution in [0.1, 0.15) is 17.9 Å². The SMILES string of the molecule is Fc1ccc(OCCC(Cn2ccnc2)c2ccccc2Cl)cc1. The molecule has 0 aliphatic rings. The molecular weight excluding hydrogens is 327 g/mol. The maximum atomic E-state index is 12.9. The fourth-order valence-corrected chi connectivity index (χ4v) is 2.94. The normalized spacial score (nSPS) is 12.1. The van der Waals surface area contributed by atoms with Gasteiger partial charge in [-0.15, -0.1) is 0 Å². The van der Waals surface area contributed by atoms with Crippen molar-refractivity contribution in [2.24, 2.45) is 0 Å². The van der Waals surface area contributed by atoms with E-state index in [-0.39, 0.29) is 11.7 Å². The number of ether oxygens (including phenoxy) is 1. The van der Waals surface area contributed by atoms with Crippen molar-refractivity contribution in [3.63, 3.8) is 0 Å². The summed E-state index contributed by atoms with van der Waals surface area (Å²) in [4.78, 5) is 4.09. The number of aromatic nitrogens is 2. The lowest BCUT2D eigenvalue weighted by molar-refractivity contribution is 0.290. The number of benzene rings is 2. The molecule has 3 aromatic rings. The second kappa shape index (κ2) is 7.97. The summed E-state index contributed by atoms with van der Waals surface area (Å²) < 4.78 is 20.7. The van der Waals surface area contributed by atoms with Gasteiger partial charge in [0.05, 0.1) is 12.9 Å². The Morgan fingerprint density at radius 2 is 1.92 bits per heavy atom.